The maximum absolute atomic E-state index is 11.9. The van der Waals surface area contributed by atoms with Crippen molar-refractivity contribution in [3.8, 4) is 6.07 Å². The Labute approximate surface area is 146 Å². The van der Waals surface area contributed by atoms with E-state index in [9.17, 15) is 10.1 Å². The van der Waals surface area contributed by atoms with E-state index in [1.54, 1.807) is 16.8 Å². The normalized spacial score (nSPS) is 16.9. The Morgan fingerprint density at radius 3 is 2.88 bits per heavy atom. The second-order valence-corrected chi connectivity index (χ2v) is 7.05. The number of anilines is 1. The molecule has 1 aliphatic heterocycles. The summed E-state index contributed by atoms with van der Waals surface area (Å²) in [6.45, 7) is 4.12. The molecule has 128 valence electrons. The quantitative estimate of drug-likeness (QED) is 0.855. The molecule has 2 aromatic rings. The summed E-state index contributed by atoms with van der Waals surface area (Å²) < 4.78 is 1.54. The van der Waals surface area contributed by atoms with Crippen molar-refractivity contribution in [3.63, 3.8) is 0 Å². The molecular formula is C19H21N5O. The SMILES string of the molecule is Cc1ccc(=O)n(CC2CN(c3nc4c(cc3C#N)CCCC4)C2)n1. The molecule has 1 saturated heterocycles. The predicted octanol–water partition coefficient (Wildman–Crippen LogP) is 1.83. The van der Waals surface area contributed by atoms with Gasteiger partial charge < -0.3 is 4.90 Å². The molecule has 0 radical (unpaired) electrons. The Hall–Kier alpha value is -2.68. The third-order valence-electron chi connectivity index (χ3n) is 5.09. The van der Waals surface area contributed by atoms with E-state index in [-0.39, 0.29) is 5.56 Å². The van der Waals surface area contributed by atoms with Gasteiger partial charge in [0.25, 0.3) is 5.56 Å². The molecule has 25 heavy (non-hydrogen) atoms. The minimum atomic E-state index is -0.0614. The Bertz CT molecular complexity index is 905. The summed E-state index contributed by atoms with van der Waals surface area (Å²) >= 11 is 0. The third-order valence-corrected chi connectivity index (χ3v) is 5.09. The molecule has 2 aliphatic rings. The molecule has 4 rings (SSSR count). The van der Waals surface area contributed by atoms with Crippen LogP contribution >= 0.6 is 0 Å². The lowest BCUT2D eigenvalue weighted by atomic mass is 9.93. The van der Waals surface area contributed by atoms with E-state index in [1.165, 1.54) is 18.4 Å². The average Bonchev–Trinajstić information content (AvgIpc) is 2.59. The number of nitrogens with zero attached hydrogens (tertiary/aromatic N) is 5. The highest BCUT2D eigenvalue weighted by molar-refractivity contribution is 5.57. The van der Waals surface area contributed by atoms with Gasteiger partial charge in [0.2, 0.25) is 0 Å². The fourth-order valence-electron chi connectivity index (χ4n) is 3.73. The largest absolute Gasteiger partial charge is 0.355 e. The smallest absolute Gasteiger partial charge is 0.266 e. The molecule has 1 fully saturated rings. The monoisotopic (exact) mass is 335 g/mol. The summed E-state index contributed by atoms with van der Waals surface area (Å²) in [6, 6.07) is 7.63. The second kappa shape index (κ2) is 6.32. The standard InChI is InChI=1S/C19H21N5O/c1-13-6-7-18(25)24(22-13)12-14-10-23(11-14)19-16(9-20)8-15-4-2-3-5-17(15)21-19/h6-8,14H,2-5,10-12H2,1H3. The molecule has 0 N–H and O–H groups in total. The van der Waals surface area contributed by atoms with Crippen LogP contribution in [-0.4, -0.2) is 27.9 Å². The zero-order valence-electron chi connectivity index (χ0n) is 14.4. The van der Waals surface area contributed by atoms with E-state index in [2.05, 4.69) is 16.1 Å². The van der Waals surface area contributed by atoms with Gasteiger partial charge in [0.1, 0.15) is 11.9 Å². The van der Waals surface area contributed by atoms with Gasteiger partial charge in [0.15, 0.2) is 0 Å². The number of fused-ring (bicyclic) bond motifs is 1. The Kier molecular flexibility index (Phi) is 4.00. The van der Waals surface area contributed by atoms with E-state index in [0.717, 1.165) is 43.1 Å². The fraction of sp³-hybridized carbons (Fsp3) is 0.474. The first-order chi connectivity index (χ1) is 12.1. The van der Waals surface area contributed by atoms with Crippen LogP contribution in [0.3, 0.4) is 0 Å². The molecule has 3 heterocycles. The highest BCUT2D eigenvalue weighted by atomic mass is 16.1. The van der Waals surface area contributed by atoms with Crippen molar-refractivity contribution in [1.29, 1.82) is 5.26 Å². The van der Waals surface area contributed by atoms with Gasteiger partial charge in [-0.2, -0.15) is 10.4 Å². The minimum absolute atomic E-state index is 0.0614. The number of pyridine rings is 1. The average molecular weight is 335 g/mol. The van der Waals surface area contributed by atoms with Gasteiger partial charge >= 0.3 is 0 Å². The lowest BCUT2D eigenvalue weighted by molar-refractivity contribution is 0.331. The van der Waals surface area contributed by atoms with E-state index < -0.39 is 0 Å². The predicted molar refractivity (Wildman–Crippen MR) is 94.5 cm³/mol. The molecular weight excluding hydrogens is 314 g/mol. The fourth-order valence-corrected chi connectivity index (χ4v) is 3.73. The van der Waals surface area contributed by atoms with Gasteiger partial charge in [-0.05, 0) is 50.3 Å². The first kappa shape index (κ1) is 15.8. The van der Waals surface area contributed by atoms with Crippen LogP contribution in [0.4, 0.5) is 5.82 Å². The summed E-state index contributed by atoms with van der Waals surface area (Å²) in [5.74, 6) is 1.17. The number of aryl methyl sites for hydroxylation is 3. The molecule has 0 aromatic carbocycles. The Balaban J connectivity index is 1.49. The highest BCUT2D eigenvalue weighted by Crippen LogP contribution is 2.30. The van der Waals surface area contributed by atoms with Crippen LogP contribution in [0.15, 0.2) is 23.0 Å². The topological polar surface area (TPSA) is 74.8 Å². The van der Waals surface area contributed by atoms with Crippen molar-refractivity contribution in [2.24, 2.45) is 5.92 Å². The van der Waals surface area contributed by atoms with Crippen molar-refractivity contribution in [3.05, 3.63) is 51.1 Å². The first-order valence-electron chi connectivity index (χ1n) is 8.86. The zero-order valence-corrected chi connectivity index (χ0v) is 14.4. The van der Waals surface area contributed by atoms with Gasteiger partial charge in [-0.1, -0.05) is 0 Å². The van der Waals surface area contributed by atoms with Gasteiger partial charge in [-0.3, -0.25) is 4.79 Å². The van der Waals surface area contributed by atoms with Gasteiger partial charge in [0.05, 0.1) is 17.8 Å². The van der Waals surface area contributed by atoms with Gasteiger partial charge in [-0.15, -0.1) is 0 Å². The molecule has 2 aromatic heterocycles. The summed E-state index contributed by atoms with van der Waals surface area (Å²) in [5, 5.41) is 13.8. The van der Waals surface area contributed by atoms with Crippen molar-refractivity contribution in [2.75, 3.05) is 18.0 Å². The number of nitriles is 1. The molecule has 6 nitrogen and oxygen atoms in total. The molecule has 0 atom stereocenters. The van der Waals surface area contributed by atoms with Crippen LogP contribution < -0.4 is 10.5 Å². The molecule has 0 unspecified atom stereocenters. The van der Waals surface area contributed by atoms with Crippen molar-refractivity contribution < 1.29 is 0 Å². The van der Waals surface area contributed by atoms with Crippen LogP contribution in [0.5, 0.6) is 0 Å². The van der Waals surface area contributed by atoms with Crippen LogP contribution in [0, 0.1) is 24.2 Å². The minimum Gasteiger partial charge on any atom is -0.355 e. The molecule has 1 aliphatic carbocycles. The Morgan fingerprint density at radius 1 is 1.28 bits per heavy atom. The summed E-state index contributed by atoms with van der Waals surface area (Å²) in [5.41, 5.74) is 3.84. The lowest BCUT2D eigenvalue weighted by Crippen LogP contribution is -2.50. The first-order valence-corrected chi connectivity index (χ1v) is 8.86. The van der Waals surface area contributed by atoms with Gasteiger partial charge in [0, 0.05) is 30.8 Å². The van der Waals surface area contributed by atoms with E-state index in [4.69, 9.17) is 4.98 Å². The highest BCUT2D eigenvalue weighted by Gasteiger charge is 2.31. The Morgan fingerprint density at radius 2 is 2.08 bits per heavy atom. The number of hydrogen-bond acceptors (Lipinski definition) is 5. The molecule has 6 heteroatoms. The van der Waals surface area contributed by atoms with E-state index in [0.29, 0.717) is 18.0 Å². The zero-order chi connectivity index (χ0) is 17.4. The van der Waals surface area contributed by atoms with Crippen molar-refractivity contribution in [1.82, 2.24) is 14.8 Å². The van der Waals surface area contributed by atoms with Crippen LogP contribution in [0.1, 0.15) is 35.4 Å². The molecule has 0 amide bonds. The third kappa shape index (κ3) is 3.02. The summed E-state index contributed by atoms with van der Waals surface area (Å²) in [6.07, 6.45) is 4.40. The van der Waals surface area contributed by atoms with Gasteiger partial charge in [-0.25, -0.2) is 9.67 Å². The lowest BCUT2D eigenvalue weighted by Gasteiger charge is -2.41. The molecule has 0 bridgehead atoms. The van der Waals surface area contributed by atoms with Crippen molar-refractivity contribution in [2.45, 2.75) is 39.2 Å². The summed E-state index contributed by atoms with van der Waals surface area (Å²) in [7, 11) is 0. The summed E-state index contributed by atoms with van der Waals surface area (Å²) in [4.78, 5) is 18.8. The second-order valence-electron chi connectivity index (χ2n) is 7.05. The maximum Gasteiger partial charge on any atom is 0.266 e. The number of hydrogen-bond donors (Lipinski definition) is 0. The van der Waals surface area contributed by atoms with Crippen LogP contribution in [-0.2, 0) is 19.4 Å². The maximum atomic E-state index is 11.9. The number of rotatable bonds is 3. The van der Waals surface area contributed by atoms with Crippen molar-refractivity contribution >= 4 is 5.82 Å². The van der Waals surface area contributed by atoms with E-state index >= 15 is 0 Å². The molecule has 0 saturated carbocycles. The van der Waals surface area contributed by atoms with E-state index in [1.807, 2.05) is 13.0 Å². The molecule has 0 spiro atoms. The number of aromatic nitrogens is 3. The van der Waals surface area contributed by atoms with Crippen LogP contribution in [0.25, 0.3) is 0 Å². The van der Waals surface area contributed by atoms with Crippen LogP contribution in [0.2, 0.25) is 0 Å².